The number of amidine groups is 1. The Kier molecular flexibility index (Phi) is 2.67. The van der Waals surface area contributed by atoms with Crippen molar-refractivity contribution in [2.75, 3.05) is 0 Å². The minimum Gasteiger partial charge on any atom is -0.384 e. The number of fused-ring (bicyclic) bond motifs is 1. The number of benzene rings is 2. The van der Waals surface area contributed by atoms with E-state index in [2.05, 4.69) is 10.3 Å². The first-order valence-electron chi connectivity index (χ1n) is 5.72. The van der Waals surface area contributed by atoms with Gasteiger partial charge in [0.15, 0.2) is 11.6 Å². The Morgan fingerprint density at radius 3 is 2.45 bits per heavy atom. The van der Waals surface area contributed by atoms with E-state index in [0.29, 0.717) is 11.0 Å². The molecule has 1 aromatic heterocycles. The number of nitrogen functional groups attached to an aromatic ring is 1. The molecule has 0 fully saturated rings. The van der Waals surface area contributed by atoms with E-state index in [9.17, 15) is 8.78 Å². The molecule has 3 rings (SSSR count). The predicted molar refractivity (Wildman–Crippen MR) is 69.8 cm³/mol. The zero-order chi connectivity index (χ0) is 14.3. The van der Waals surface area contributed by atoms with Crippen LogP contribution >= 0.6 is 0 Å². The maximum atomic E-state index is 14.1. The molecule has 1 heterocycles. The van der Waals surface area contributed by atoms with Gasteiger partial charge in [0.25, 0.3) is 0 Å². The first-order valence-corrected chi connectivity index (χ1v) is 5.72. The van der Waals surface area contributed by atoms with Gasteiger partial charge in [0.1, 0.15) is 17.0 Å². The van der Waals surface area contributed by atoms with Crippen LogP contribution in [0.2, 0.25) is 0 Å². The molecule has 2 aromatic carbocycles. The molecule has 0 saturated heterocycles. The van der Waals surface area contributed by atoms with E-state index in [-0.39, 0.29) is 11.3 Å². The van der Waals surface area contributed by atoms with Gasteiger partial charge in [0, 0.05) is 5.56 Å². The number of aromatic nitrogens is 3. The molecule has 0 unspecified atom stereocenters. The summed E-state index contributed by atoms with van der Waals surface area (Å²) in [6.07, 6.45) is 0. The molecule has 0 radical (unpaired) electrons. The summed E-state index contributed by atoms with van der Waals surface area (Å²) in [4.78, 5) is 0. The fourth-order valence-corrected chi connectivity index (χ4v) is 1.96. The van der Waals surface area contributed by atoms with E-state index in [1.165, 1.54) is 0 Å². The summed E-state index contributed by atoms with van der Waals surface area (Å²) >= 11 is 0. The lowest BCUT2D eigenvalue weighted by molar-refractivity contribution is 0.559. The normalized spacial score (nSPS) is 10.9. The van der Waals surface area contributed by atoms with Gasteiger partial charge in [-0.3, -0.25) is 5.41 Å². The maximum Gasteiger partial charge on any atom is 0.152 e. The van der Waals surface area contributed by atoms with Crippen LogP contribution in [-0.4, -0.2) is 20.8 Å². The van der Waals surface area contributed by atoms with Gasteiger partial charge in [0.05, 0.1) is 5.52 Å². The number of hydrogen-bond donors (Lipinski definition) is 2. The van der Waals surface area contributed by atoms with Crippen LogP contribution in [0.3, 0.4) is 0 Å². The second kappa shape index (κ2) is 4.37. The monoisotopic (exact) mass is 273 g/mol. The molecular formula is C13H9F2N5. The van der Waals surface area contributed by atoms with Gasteiger partial charge in [-0.15, -0.1) is 5.10 Å². The summed E-state index contributed by atoms with van der Waals surface area (Å²) < 4.78 is 29.3. The second-order valence-corrected chi connectivity index (χ2v) is 4.19. The van der Waals surface area contributed by atoms with Gasteiger partial charge < -0.3 is 5.73 Å². The molecule has 0 aliphatic heterocycles. The average Bonchev–Trinajstić information content (AvgIpc) is 2.82. The Balaban J connectivity index is 2.27. The molecule has 7 heteroatoms. The highest BCUT2D eigenvalue weighted by atomic mass is 19.1. The lowest BCUT2D eigenvalue weighted by Gasteiger charge is -2.07. The fraction of sp³-hybridized carbons (Fsp3) is 0. The number of rotatable bonds is 2. The lowest BCUT2D eigenvalue weighted by atomic mass is 10.1. The van der Waals surface area contributed by atoms with Crippen LogP contribution in [0.5, 0.6) is 0 Å². The van der Waals surface area contributed by atoms with Gasteiger partial charge in [0.2, 0.25) is 0 Å². The highest BCUT2D eigenvalue weighted by Crippen LogP contribution is 2.22. The van der Waals surface area contributed by atoms with E-state index in [0.717, 1.165) is 16.8 Å². The summed E-state index contributed by atoms with van der Waals surface area (Å²) in [6.45, 7) is 0. The number of halogens is 2. The number of nitrogens with two attached hydrogens (primary N) is 1. The molecule has 20 heavy (non-hydrogen) atoms. The van der Waals surface area contributed by atoms with Crippen molar-refractivity contribution < 1.29 is 8.78 Å². The fourth-order valence-electron chi connectivity index (χ4n) is 1.96. The second-order valence-electron chi connectivity index (χ2n) is 4.19. The van der Waals surface area contributed by atoms with E-state index < -0.39 is 17.5 Å². The average molecular weight is 273 g/mol. The quantitative estimate of drug-likeness (QED) is 0.553. The van der Waals surface area contributed by atoms with Crippen LogP contribution in [0.15, 0.2) is 36.4 Å². The molecule has 0 aliphatic rings. The van der Waals surface area contributed by atoms with E-state index in [1.807, 2.05) is 0 Å². The minimum absolute atomic E-state index is 0.0202. The van der Waals surface area contributed by atoms with E-state index in [4.69, 9.17) is 11.1 Å². The maximum absolute atomic E-state index is 14.1. The van der Waals surface area contributed by atoms with Gasteiger partial charge >= 0.3 is 0 Å². The predicted octanol–water partition coefficient (Wildman–Crippen LogP) is 1.98. The van der Waals surface area contributed by atoms with Gasteiger partial charge in [-0.25, -0.2) is 13.5 Å². The van der Waals surface area contributed by atoms with Gasteiger partial charge in [-0.2, -0.15) is 0 Å². The molecule has 0 aliphatic carbocycles. The summed E-state index contributed by atoms with van der Waals surface area (Å²) in [7, 11) is 0. The summed E-state index contributed by atoms with van der Waals surface area (Å²) in [6, 6.07) is 8.83. The van der Waals surface area contributed by atoms with Crippen molar-refractivity contribution in [3.05, 3.63) is 53.6 Å². The molecule has 0 bridgehead atoms. The van der Waals surface area contributed by atoms with Crippen molar-refractivity contribution in [1.82, 2.24) is 15.0 Å². The zero-order valence-corrected chi connectivity index (χ0v) is 10.1. The van der Waals surface area contributed by atoms with Crippen LogP contribution in [0.4, 0.5) is 8.78 Å². The SMILES string of the molecule is N=C(N)c1cc(F)c(-n2nnc3ccccc32)c(F)c1. The molecule has 3 aromatic rings. The smallest absolute Gasteiger partial charge is 0.152 e. The number of nitrogens with zero attached hydrogens (tertiary/aromatic N) is 3. The Morgan fingerprint density at radius 2 is 1.80 bits per heavy atom. The summed E-state index contributed by atoms with van der Waals surface area (Å²) in [5.41, 5.74) is 5.88. The van der Waals surface area contributed by atoms with Crippen molar-refractivity contribution >= 4 is 16.9 Å². The molecule has 5 nitrogen and oxygen atoms in total. The number of para-hydroxylation sites is 1. The lowest BCUT2D eigenvalue weighted by Crippen LogP contribution is -2.13. The van der Waals surface area contributed by atoms with Crippen LogP contribution in [0.25, 0.3) is 16.7 Å². The van der Waals surface area contributed by atoms with Crippen LogP contribution in [0, 0.1) is 17.0 Å². The van der Waals surface area contributed by atoms with E-state index >= 15 is 0 Å². The highest BCUT2D eigenvalue weighted by molar-refractivity contribution is 5.95. The van der Waals surface area contributed by atoms with Crippen molar-refractivity contribution in [1.29, 1.82) is 5.41 Å². The number of nitrogens with one attached hydrogen (secondary N) is 1. The van der Waals surface area contributed by atoms with Crippen LogP contribution in [0.1, 0.15) is 5.56 Å². The minimum atomic E-state index is -0.856. The highest BCUT2D eigenvalue weighted by Gasteiger charge is 2.17. The Hall–Kier alpha value is -2.83. The Labute approximate surface area is 112 Å². The van der Waals surface area contributed by atoms with Gasteiger partial charge in [-0.1, -0.05) is 17.3 Å². The van der Waals surface area contributed by atoms with Crippen LogP contribution in [-0.2, 0) is 0 Å². The third kappa shape index (κ3) is 1.80. The Morgan fingerprint density at radius 1 is 1.15 bits per heavy atom. The van der Waals surface area contributed by atoms with Crippen molar-refractivity contribution in [3.63, 3.8) is 0 Å². The van der Waals surface area contributed by atoms with E-state index in [1.54, 1.807) is 24.3 Å². The molecule has 3 N–H and O–H groups in total. The summed E-state index contributed by atoms with van der Waals surface area (Å²) in [5, 5.41) is 14.8. The van der Waals surface area contributed by atoms with Crippen LogP contribution < -0.4 is 5.73 Å². The van der Waals surface area contributed by atoms with Gasteiger partial charge in [-0.05, 0) is 24.3 Å². The number of hydrogen-bond acceptors (Lipinski definition) is 3. The standard InChI is InChI=1S/C13H9F2N5/c14-8-5-7(13(16)17)6-9(15)12(8)20-11-4-2-1-3-10(11)18-19-20/h1-6H,(H3,16,17). The largest absolute Gasteiger partial charge is 0.384 e. The molecule has 100 valence electrons. The third-order valence-corrected chi connectivity index (χ3v) is 2.89. The zero-order valence-electron chi connectivity index (χ0n) is 10.1. The molecule has 0 spiro atoms. The first kappa shape index (κ1) is 12.2. The first-order chi connectivity index (χ1) is 9.58. The molecule has 0 atom stereocenters. The summed E-state index contributed by atoms with van der Waals surface area (Å²) in [5.74, 6) is -2.12. The molecule has 0 saturated carbocycles. The van der Waals surface area contributed by atoms with Crippen molar-refractivity contribution in [2.45, 2.75) is 0 Å². The van der Waals surface area contributed by atoms with Crippen molar-refractivity contribution in [2.24, 2.45) is 5.73 Å². The Bertz CT molecular complexity index is 801. The topological polar surface area (TPSA) is 80.6 Å². The third-order valence-electron chi connectivity index (χ3n) is 2.89. The molecular weight excluding hydrogens is 264 g/mol. The van der Waals surface area contributed by atoms with Crippen molar-refractivity contribution in [3.8, 4) is 5.69 Å². The molecule has 0 amide bonds.